The lowest BCUT2D eigenvalue weighted by Gasteiger charge is -2.12. The van der Waals surface area contributed by atoms with Gasteiger partial charge in [-0.25, -0.2) is 9.69 Å². The average Bonchev–Trinajstić information content (AvgIpc) is 2.92. The molecule has 0 aliphatic carbocycles. The van der Waals surface area contributed by atoms with Crippen LogP contribution in [0.4, 0.5) is 10.5 Å². The smallest absolute Gasteiger partial charge is 0.329 e. The lowest BCUT2D eigenvalue weighted by Crippen LogP contribution is -2.38. The largest absolute Gasteiger partial charge is 0.504 e. The van der Waals surface area contributed by atoms with Crippen molar-refractivity contribution in [1.29, 1.82) is 0 Å². The minimum atomic E-state index is -0.676. The van der Waals surface area contributed by atoms with E-state index in [1.807, 2.05) is 13.0 Å². The number of urea groups is 1. The zero-order valence-electron chi connectivity index (χ0n) is 16.1. The lowest BCUT2D eigenvalue weighted by molar-refractivity contribution is -0.127. The van der Waals surface area contributed by atoms with Crippen LogP contribution in [0, 0.1) is 6.92 Å². The molecule has 0 aromatic heterocycles. The van der Waals surface area contributed by atoms with Crippen LogP contribution in [-0.2, 0) is 9.59 Å². The lowest BCUT2D eigenvalue weighted by atomic mass is 10.1. The number of carbonyl (C=O) groups excluding carboxylic acids is 3. The van der Waals surface area contributed by atoms with Gasteiger partial charge in [0.1, 0.15) is 12.2 Å². The van der Waals surface area contributed by atoms with Gasteiger partial charge in [0, 0.05) is 5.69 Å². The first kappa shape index (κ1) is 19.9. The number of phenolic OH excluding ortho intramolecular Hbond substituents is 1. The highest BCUT2D eigenvalue weighted by molar-refractivity contribution is 6.15. The maximum atomic E-state index is 12.6. The predicted octanol–water partition coefficient (Wildman–Crippen LogP) is 2.63. The topological polar surface area (TPSA) is 108 Å². The minimum Gasteiger partial charge on any atom is -0.504 e. The molecule has 29 heavy (non-hydrogen) atoms. The van der Waals surface area contributed by atoms with Crippen LogP contribution in [0.3, 0.4) is 0 Å². The van der Waals surface area contributed by atoms with Crippen LogP contribution in [0.15, 0.2) is 48.2 Å². The number of rotatable bonds is 6. The Labute approximate surface area is 167 Å². The summed E-state index contributed by atoms with van der Waals surface area (Å²) in [5, 5.41) is 14.9. The van der Waals surface area contributed by atoms with Crippen molar-refractivity contribution in [3.63, 3.8) is 0 Å². The number of nitrogens with one attached hydrogen (secondary N) is 2. The Morgan fingerprint density at radius 1 is 1.24 bits per heavy atom. The molecule has 2 aromatic rings. The van der Waals surface area contributed by atoms with Crippen molar-refractivity contribution in [3.8, 4) is 11.5 Å². The van der Waals surface area contributed by atoms with Gasteiger partial charge in [-0.05, 0) is 55.3 Å². The van der Waals surface area contributed by atoms with Gasteiger partial charge in [0.25, 0.3) is 5.91 Å². The molecule has 0 spiro atoms. The van der Waals surface area contributed by atoms with Crippen molar-refractivity contribution in [2.45, 2.75) is 13.8 Å². The van der Waals surface area contributed by atoms with Crippen molar-refractivity contribution in [2.75, 3.05) is 18.5 Å². The monoisotopic (exact) mass is 395 g/mol. The Balaban J connectivity index is 1.71. The van der Waals surface area contributed by atoms with Crippen LogP contribution >= 0.6 is 0 Å². The number of carbonyl (C=O) groups is 3. The Morgan fingerprint density at radius 2 is 2.03 bits per heavy atom. The van der Waals surface area contributed by atoms with E-state index >= 15 is 0 Å². The van der Waals surface area contributed by atoms with E-state index in [-0.39, 0.29) is 17.2 Å². The maximum absolute atomic E-state index is 12.6. The number of hydrogen-bond acceptors (Lipinski definition) is 5. The van der Waals surface area contributed by atoms with E-state index in [1.165, 1.54) is 12.1 Å². The number of benzene rings is 2. The van der Waals surface area contributed by atoms with E-state index in [9.17, 15) is 19.5 Å². The molecule has 0 saturated carbocycles. The fourth-order valence-corrected chi connectivity index (χ4v) is 2.84. The molecule has 2 aromatic carbocycles. The van der Waals surface area contributed by atoms with Crippen molar-refractivity contribution >= 4 is 29.6 Å². The number of amides is 4. The fraction of sp³-hybridized carbons (Fsp3) is 0.190. The third-order valence-corrected chi connectivity index (χ3v) is 4.16. The first-order chi connectivity index (χ1) is 13.9. The average molecular weight is 395 g/mol. The summed E-state index contributed by atoms with van der Waals surface area (Å²) in [6, 6.07) is 11.1. The van der Waals surface area contributed by atoms with Gasteiger partial charge in [0.2, 0.25) is 5.91 Å². The first-order valence-corrected chi connectivity index (χ1v) is 9.04. The molecule has 3 N–H and O–H groups in total. The number of aryl methyl sites for hydroxylation is 1. The van der Waals surface area contributed by atoms with Crippen LogP contribution in [0.2, 0.25) is 0 Å². The maximum Gasteiger partial charge on any atom is 0.329 e. The van der Waals surface area contributed by atoms with Gasteiger partial charge in [-0.15, -0.1) is 0 Å². The van der Waals surface area contributed by atoms with E-state index in [0.717, 1.165) is 10.5 Å². The molecular weight excluding hydrogens is 374 g/mol. The van der Waals surface area contributed by atoms with Crippen molar-refractivity contribution in [3.05, 3.63) is 59.3 Å². The normalized spacial score (nSPS) is 14.8. The highest BCUT2D eigenvalue weighted by Crippen LogP contribution is 2.28. The molecule has 0 atom stereocenters. The molecule has 0 unspecified atom stereocenters. The Hall–Kier alpha value is -3.81. The van der Waals surface area contributed by atoms with Crippen molar-refractivity contribution in [2.24, 2.45) is 0 Å². The van der Waals surface area contributed by atoms with Crippen molar-refractivity contribution in [1.82, 2.24) is 10.2 Å². The summed E-state index contributed by atoms with van der Waals surface area (Å²) in [5.41, 5.74) is 2.15. The molecule has 1 aliphatic heterocycles. The first-order valence-electron chi connectivity index (χ1n) is 9.04. The molecular formula is C21H21N3O5. The van der Waals surface area contributed by atoms with Crippen LogP contribution in [0.5, 0.6) is 11.5 Å². The highest BCUT2D eigenvalue weighted by atomic mass is 16.5. The van der Waals surface area contributed by atoms with Crippen LogP contribution in [0.1, 0.15) is 18.1 Å². The van der Waals surface area contributed by atoms with Gasteiger partial charge in [-0.1, -0.05) is 18.2 Å². The molecule has 8 nitrogen and oxygen atoms in total. The third kappa shape index (κ3) is 4.73. The summed E-state index contributed by atoms with van der Waals surface area (Å²) >= 11 is 0. The summed E-state index contributed by atoms with van der Waals surface area (Å²) in [4.78, 5) is 37.8. The quantitative estimate of drug-likeness (QED) is 0.515. The number of hydrogen-bond donors (Lipinski definition) is 3. The minimum absolute atomic E-state index is 0.0229. The predicted molar refractivity (Wildman–Crippen MR) is 107 cm³/mol. The second-order valence-corrected chi connectivity index (χ2v) is 6.46. The SMILES string of the molecule is CCOc1cc(/C=C2\NC(=O)N(CC(=O)Nc3cccc(C)c3)C2=O)ccc1O. The molecule has 150 valence electrons. The van der Waals surface area contributed by atoms with Crippen LogP contribution in [-0.4, -0.2) is 41.0 Å². The summed E-state index contributed by atoms with van der Waals surface area (Å²) in [6.07, 6.45) is 1.46. The van der Waals surface area contributed by atoms with Gasteiger partial charge in [-0.3, -0.25) is 9.59 Å². The highest BCUT2D eigenvalue weighted by Gasteiger charge is 2.34. The summed E-state index contributed by atoms with van der Waals surface area (Å²) < 4.78 is 5.31. The molecule has 0 bridgehead atoms. The third-order valence-electron chi connectivity index (χ3n) is 4.16. The van der Waals surface area contributed by atoms with E-state index in [2.05, 4.69) is 10.6 Å². The van der Waals surface area contributed by atoms with Gasteiger partial charge in [0.05, 0.1) is 6.61 Å². The van der Waals surface area contributed by atoms with Gasteiger partial charge < -0.3 is 20.5 Å². The number of nitrogens with zero attached hydrogens (tertiary/aromatic N) is 1. The molecule has 1 saturated heterocycles. The number of imide groups is 1. The standard InChI is InChI=1S/C21H21N3O5/c1-3-29-18-11-14(7-8-17(18)25)10-16-20(27)24(21(28)23-16)12-19(26)22-15-6-4-5-13(2)9-15/h4-11,25H,3,12H2,1-2H3,(H,22,26)(H,23,28)/b16-10-. The number of ether oxygens (including phenoxy) is 1. The molecule has 0 radical (unpaired) electrons. The summed E-state index contributed by atoms with van der Waals surface area (Å²) in [5.74, 6) is -0.845. The van der Waals surface area contributed by atoms with Crippen molar-refractivity contribution < 1.29 is 24.2 Å². The number of anilines is 1. The second kappa shape index (κ2) is 8.47. The Bertz CT molecular complexity index is 1000. The fourth-order valence-electron chi connectivity index (χ4n) is 2.84. The molecule has 4 amide bonds. The van der Waals surface area contributed by atoms with Gasteiger partial charge in [0.15, 0.2) is 11.5 Å². The zero-order chi connectivity index (χ0) is 21.0. The van der Waals surface area contributed by atoms with E-state index in [0.29, 0.717) is 17.9 Å². The zero-order valence-corrected chi connectivity index (χ0v) is 16.1. The second-order valence-electron chi connectivity index (χ2n) is 6.46. The molecule has 1 aliphatic rings. The van der Waals surface area contributed by atoms with E-state index < -0.39 is 24.4 Å². The number of phenols is 1. The molecule has 3 rings (SSSR count). The summed E-state index contributed by atoms with van der Waals surface area (Å²) in [7, 11) is 0. The van der Waals surface area contributed by atoms with E-state index in [4.69, 9.17) is 4.74 Å². The number of aromatic hydroxyl groups is 1. The molecule has 1 fully saturated rings. The van der Waals surface area contributed by atoms with Crippen LogP contribution < -0.4 is 15.4 Å². The molecule has 8 heteroatoms. The summed E-state index contributed by atoms with van der Waals surface area (Å²) in [6.45, 7) is 3.64. The Kier molecular flexibility index (Phi) is 5.82. The molecule has 1 heterocycles. The van der Waals surface area contributed by atoms with Gasteiger partial charge >= 0.3 is 6.03 Å². The Morgan fingerprint density at radius 3 is 2.76 bits per heavy atom. The van der Waals surface area contributed by atoms with Gasteiger partial charge in [-0.2, -0.15) is 0 Å². The van der Waals surface area contributed by atoms with E-state index in [1.54, 1.807) is 37.3 Å². The van der Waals surface area contributed by atoms with Crippen LogP contribution in [0.25, 0.3) is 6.08 Å².